The van der Waals surface area contributed by atoms with Gasteiger partial charge < -0.3 is 10.1 Å². The second-order valence-electron chi connectivity index (χ2n) is 4.89. The zero-order valence-electron chi connectivity index (χ0n) is 12.5. The first-order chi connectivity index (χ1) is 10.6. The SMILES string of the molecule is COc1ccc(/C=C/C(=O)N[C@@H](C)c2cccc(Br)c2)cc1. The number of hydrogen-bond donors (Lipinski definition) is 1. The molecule has 0 saturated heterocycles. The van der Waals surface area contributed by atoms with Gasteiger partial charge in [-0.2, -0.15) is 0 Å². The van der Waals surface area contributed by atoms with E-state index in [1.165, 1.54) is 6.08 Å². The quantitative estimate of drug-likeness (QED) is 0.806. The van der Waals surface area contributed by atoms with Gasteiger partial charge in [0, 0.05) is 10.5 Å². The molecule has 0 spiro atoms. The second kappa shape index (κ2) is 7.80. The first-order valence-corrected chi connectivity index (χ1v) is 7.76. The number of carbonyl (C=O) groups is 1. The lowest BCUT2D eigenvalue weighted by atomic mass is 10.1. The van der Waals surface area contributed by atoms with Crippen molar-refractivity contribution in [3.8, 4) is 5.75 Å². The molecule has 1 N–H and O–H groups in total. The minimum atomic E-state index is -0.122. The Bertz CT molecular complexity index is 665. The highest BCUT2D eigenvalue weighted by atomic mass is 79.9. The number of nitrogens with one attached hydrogen (secondary N) is 1. The van der Waals surface area contributed by atoms with E-state index in [1.54, 1.807) is 13.2 Å². The Balaban J connectivity index is 1.95. The largest absolute Gasteiger partial charge is 0.497 e. The summed E-state index contributed by atoms with van der Waals surface area (Å²) in [4.78, 5) is 12.0. The van der Waals surface area contributed by atoms with Gasteiger partial charge in [0.05, 0.1) is 13.2 Å². The summed E-state index contributed by atoms with van der Waals surface area (Å²) in [6.45, 7) is 1.96. The van der Waals surface area contributed by atoms with Crippen LogP contribution in [0.1, 0.15) is 24.1 Å². The van der Waals surface area contributed by atoms with Crippen LogP contribution in [0.2, 0.25) is 0 Å². The highest BCUT2D eigenvalue weighted by Crippen LogP contribution is 2.18. The van der Waals surface area contributed by atoms with E-state index in [1.807, 2.05) is 55.5 Å². The number of ether oxygens (including phenoxy) is 1. The van der Waals surface area contributed by atoms with Crippen molar-refractivity contribution >= 4 is 27.9 Å². The van der Waals surface area contributed by atoms with Gasteiger partial charge >= 0.3 is 0 Å². The summed E-state index contributed by atoms with van der Waals surface area (Å²) in [6, 6.07) is 15.4. The van der Waals surface area contributed by atoms with Gasteiger partial charge in [0.1, 0.15) is 5.75 Å². The molecular formula is C18H18BrNO2. The molecule has 4 heteroatoms. The molecule has 0 aromatic heterocycles. The summed E-state index contributed by atoms with van der Waals surface area (Å²) in [5.74, 6) is 0.674. The van der Waals surface area contributed by atoms with Crippen LogP contribution in [-0.2, 0) is 4.79 Å². The van der Waals surface area contributed by atoms with Crippen LogP contribution in [0.5, 0.6) is 5.75 Å². The summed E-state index contributed by atoms with van der Waals surface area (Å²) in [7, 11) is 1.63. The van der Waals surface area contributed by atoms with Crippen molar-refractivity contribution in [2.45, 2.75) is 13.0 Å². The van der Waals surface area contributed by atoms with Gasteiger partial charge in [-0.25, -0.2) is 0 Å². The van der Waals surface area contributed by atoms with Crippen molar-refractivity contribution in [1.29, 1.82) is 0 Å². The van der Waals surface area contributed by atoms with Crippen LogP contribution >= 0.6 is 15.9 Å². The molecule has 2 rings (SSSR count). The third kappa shape index (κ3) is 4.74. The molecule has 0 heterocycles. The summed E-state index contributed by atoms with van der Waals surface area (Å²) < 4.78 is 6.10. The molecular weight excluding hydrogens is 342 g/mol. The molecule has 0 aliphatic heterocycles. The Morgan fingerprint density at radius 1 is 1.23 bits per heavy atom. The van der Waals surface area contributed by atoms with Gasteiger partial charge in [-0.15, -0.1) is 0 Å². The number of methoxy groups -OCH3 is 1. The van der Waals surface area contributed by atoms with Crippen LogP contribution in [0.25, 0.3) is 6.08 Å². The van der Waals surface area contributed by atoms with Crippen LogP contribution < -0.4 is 10.1 Å². The Labute approximate surface area is 139 Å². The highest BCUT2D eigenvalue weighted by Gasteiger charge is 2.07. The molecule has 0 fully saturated rings. The lowest BCUT2D eigenvalue weighted by Crippen LogP contribution is -2.24. The first kappa shape index (κ1) is 16.3. The third-order valence-electron chi connectivity index (χ3n) is 3.25. The molecule has 2 aromatic rings. The molecule has 0 radical (unpaired) electrons. The lowest BCUT2D eigenvalue weighted by Gasteiger charge is -2.13. The summed E-state index contributed by atoms with van der Waals surface area (Å²) in [5, 5.41) is 2.94. The molecule has 22 heavy (non-hydrogen) atoms. The van der Waals surface area contributed by atoms with Crippen molar-refractivity contribution < 1.29 is 9.53 Å². The van der Waals surface area contributed by atoms with Crippen molar-refractivity contribution in [2.75, 3.05) is 7.11 Å². The number of benzene rings is 2. The van der Waals surface area contributed by atoms with E-state index in [9.17, 15) is 4.79 Å². The topological polar surface area (TPSA) is 38.3 Å². The molecule has 114 valence electrons. The van der Waals surface area contributed by atoms with E-state index >= 15 is 0 Å². The lowest BCUT2D eigenvalue weighted by molar-refractivity contribution is -0.117. The second-order valence-corrected chi connectivity index (χ2v) is 5.81. The average Bonchev–Trinajstić information content (AvgIpc) is 2.53. The fourth-order valence-corrected chi connectivity index (χ4v) is 2.42. The van der Waals surface area contributed by atoms with E-state index < -0.39 is 0 Å². The highest BCUT2D eigenvalue weighted by molar-refractivity contribution is 9.10. The maximum absolute atomic E-state index is 12.0. The van der Waals surface area contributed by atoms with Gasteiger partial charge in [-0.3, -0.25) is 4.79 Å². The van der Waals surface area contributed by atoms with E-state index in [0.29, 0.717) is 0 Å². The van der Waals surface area contributed by atoms with Gasteiger partial charge in [-0.05, 0) is 48.4 Å². The molecule has 3 nitrogen and oxygen atoms in total. The van der Waals surface area contributed by atoms with Gasteiger partial charge in [0.2, 0.25) is 5.91 Å². The molecule has 1 amide bonds. The van der Waals surface area contributed by atoms with Crippen LogP contribution in [-0.4, -0.2) is 13.0 Å². The number of amides is 1. The van der Waals surface area contributed by atoms with Gasteiger partial charge in [0.25, 0.3) is 0 Å². The zero-order chi connectivity index (χ0) is 15.9. The number of halogens is 1. The molecule has 0 aliphatic rings. The normalized spacial score (nSPS) is 12.1. The number of rotatable bonds is 5. The molecule has 0 unspecified atom stereocenters. The number of hydrogen-bond acceptors (Lipinski definition) is 2. The maximum Gasteiger partial charge on any atom is 0.244 e. The Morgan fingerprint density at radius 2 is 1.95 bits per heavy atom. The van der Waals surface area contributed by atoms with Crippen molar-refractivity contribution in [1.82, 2.24) is 5.32 Å². The van der Waals surface area contributed by atoms with E-state index in [-0.39, 0.29) is 11.9 Å². The third-order valence-corrected chi connectivity index (χ3v) is 3.74. The summed E-state index contributed by atoms with van der Waals surface area (Å²) in [6.07, 6.45) is 3.32. The molecule has 1 atom stereocenters. The number of carbonyl (C=O) groups excluding carboxylic acids is 1. The fourth-order valence-electron chi connectivity index (χ4n) is 2.01. The van der Waals surface area contributed by atoms with Gasteiger partial charge in [-0.1, -0.05) is 40.2 Å². The zero-order valence-corrected chi connectivity index (χ0v) is 14.1. The molecule has 2 aromatic carbocycles. The molecule has 0 saturated carbocycles. The van der Waals surface area contributed by atoms with Crippen LogP contribution in [0.4, 0.5) is 0 Å². The van der Waals surface area contributed by atoms with Crippen LogP contribution in [0, 0.1) is 0 Å². The standard InChI is InChI=1S/C18H18BrNO2/c1-13(15-4-3-5-16(19)12-15)20-18(21)11-8-14-6-9-17(22-2)10-7-14/h3-13H,1-2H3,(H,20,21)/b11-8+/t13-/m0/s1. The Kier molecular flexibility index (Phi) is 5.78. The predicted molar refractivity (Wildman–Crippen MR) is 92.7 cm³/mol. The summed E-state index contributed by atoms with van der Waals surface area (Å²) >= 11 is 3.43. The molecule has 0 bridgehead atoms. The minimum Gasteiger partial charge on any atom is -0.497 e. The smallest absolute Gasteiger partial charge is 0.244 e. The first-order valence-electron chi connectivity index (χ1n) is 6.96. The average molecular weight is 360 g/mol. The summed E-state index contributed by atoms with van der Waals surface area (Å²) in [5.41, 5.74) is 2.01. The van der Waals surface area contributed by atoms with Crippen LogP contribution in [0.15, 0.2) is 59.1 Å². The Morgan fingerprint density at radius 3 is 2.59 bits per heavy atom. The minimum absolute atomic E-state index is 0.0504. The monoisotopic (exact) mass is 359 g/mol. The molecule has 0 aliphatic carbocycles. The van der Waals surface area contributed by atoms with Crippen molar-refractivity contribution in [2.24, 2.45) is 0 Å². The van der Waals surface area contributed by atoms with Crippen molar-refractivity contribution in [3.63, 3.8) is 0 Å². The van der Waals surface area contributed by atoms with Gasteiger partial charge in [0.15, 0.2) is 0 Å². The Hall–Kier alpha value is -2.07. The predicted octanol–water partition coefficient (Wildman–Crippen LogP) is 4.35. The maximum atomic E-state index is 12.0. The van der Waals surface area contributed by atoms with E-state index in [0.717, 1.165) is 21.3 Å². The van der Waals surface area contributed by atoms with E-state index in [2.05, 4.69) is 21.2 Å². The fraction of sp³-hybridized carbons (Fsp3) is 0.167. The van der Waals surface area contributed by atoms with E-state index in [4.69, 9.17) is 4.74 Å². The van der Waals surface area contributed by atoms with Crippen LogP contribution in [0.3, 0.4) is 0 Å². The van der Waals surface area contributed by atoms with Crippen molar-refractivity contribution in [3.05, 3.63) is 70.2 Å².